The Morgan fingerprint density at radius 2 is 2.04 bits per heavy atom. The second-order valence-electron chi connectivity index (χ2n) is 6.33. The molecule has 4 aromatic rings. The molecule has 0 aliphatic carbocycles. The lowest BCUT2D eigenvalue weighted by Crippen LogP contribution is -2.24. The maximum absolute atomic E-state index is 12.7. The summed E-state index contributed by atoms with van der Waals surface area (Å²) in [4.78, 5) is 17.2. The molecule has 1 N–H and O–H groups in total. The Hall–Kier alpha value is -3.19. The molecule has 28 heavy (non-hydrogen) atoms. The van der Waals surface area contributed by atoms with Gasteiger partial charge in [0.1, 0.15) is 11.4 Å². The lowest BCUT2D eigenvalue weighted by atomic mass is 10.2. The third kappa shape index (κ3) is 3.61. The second kappa shape index (κ2) is 7.82. The van der Waals surface area contributed by atoms with Gasteiger partial charge in [-0.25, -0.2) is 9.50 Å². The number of hydrogen-bond donors (Lipinski definition) is 1. The van der Waals surface area contributed by atoms with Crippen molar-refractivity contribution < 1.29 is 9.53 Å². The number of amides is 1. The fourth-order valence-corrected chi connectivity index (χ4v) is 3.62. The Morgan fingerprint density at radius 1 is 1.21 bits per heavy atom. The number of rotatable bonds is 6. The molecular formula is C21H20N4O2S. The van der Waals surface area contributed by atoms with Crippen LogP contribution in [0.25, 0.3) is 16.9 Å². The Labute approximate surface area is 166 Å². The Bertz CT molecular complexity index is 1100. The van der Waals surface area contributed by atoms with E-state index in [0.717, 1.165) is 34.7 Å². The van der Waals surface area contributed by atoms with Crippen LogP contribution in [0.5, 0.6) is 5.75 Å². The molecule has 0 aliphatic rings. The predicted octanol–water partition coefficient (Wildman–Crippen LogP) is 3.96. The summed E-state index contributed by atoms with van der Waals surface area (Å²) in [7, 11) is 1.63. The monoisotopic (exact) mass is 392 g/mol. The quantitative estimate of drug-likeness (QED) is 0.539. The van der Waals surface area contributed by atoms with Gasteiger partial charge in [-0.15, -0.1) is 0 Å². The van der Waals surface area contributed by atoms with Gasteiger partial charge in [0.05, 0.1) is 12.8 Å². The maximum atomic E-state index is 12.7. The molecule has 0 unspecified atom stereocenters. The van der Waals surface area contributed by atoms with Crippen LogP contribution in [0.3, 0.4) is 0 Å². The molecule has 142 valence electrons. The minimum absolute atomic E-state index is 0.202. The normalized spacial score (nSPS) is 10.9. The van der Waals surface area contributed by atoms with Crippen LogP contribution >= 0.6 is 11.3 Å². The van der Waals surface area contributed by atoms with E-state index in [0.29, 0.717) is 17.9 Å². The summed E-state index contributed by atoms with van der Waals surface area (Å²) in [5.41, 5.74) is 4.93. The summed E-state index contributed by atoms with van der Waals surface area (Å²) >= 11 is 1.63. The standard InChI is InChI=1S/C21H20N4O2S/c1-3-16-10-19(21(26)22-12-14-4-6-17(27-2)7-5-14)23-20-11-18(24-25(16)20)15-8-9-28-13-15/h4-11,13H,3,12H2,1-2H3,(H,22,26). The fourth-order valence-electron chi connectivity index (χ4n) is 2.97. The van der Waals surface area contributed by atoms with E-state index < -0.39 is 0 Å². The van der Waals surface area contributed by atoms with Crippen molar-refractivity contribution in [2.75, 3.05) is 7.11 Å². The van der Waals surface area contributed by atoms with Gasteiger partial charge in [-0.1, -0.05) is 19.1 Å². The Balaban J connectivity index is 1.57. The van der Waals surface area contributed by atoms with Gasteiger partial charge in [0.2, 0.25) is 0 Å². The van der Waals surface area contributed by atoms with Crippen molar-refractivity contribution in [3.8, 4) is 17.0 Å². The molecule has 7 heteroatoms. The van der Waals surface area contributed by atoms with Crippen LogP contribution in [0.1, 0.15) is 28.7 Å². The topological polar surface area (TPSA) is 68.5 Å². The van der Waals surface area contributed by atoms with Crippen molar-refractivity contribution >= 4 is 22.9 Å². The highest BCUT2D eigenvalue weighted by molar-refractivity contribution is 7.08. The molecule has 0 atom stereocenters. The molecule has 6 nitrogen and oxygen atoms in total. The number of thiophene rings is 1. The van der Waals surface area contributed by atoms with Crippen molar-refractivity contribution in [3.63, 3.8) is 0 Å². The van der Waals surface area contributed by atoms with E-state index in [1.165, 1.54) is 0 Å². The van der Waals surface area contributed by atoms with Gasteiger partial charge in [0.15, 0.2) is 5.65 Å². The SMILES string of the molecule is CCc1cc(C(=O)NCc2ccc(OC)cc2)nc2cc(-c3ccsc3)nn12. The van der Waals surface area contributed by atoms with Crippen molar-refractivity contribution in [1.29, 1.82) is 0 Å². The molecule has 1 aromatic carbocycles. The number of aryl methyl sites for hydroxylation is 1. The molecule has 0 aliphatic heterocycles. The second-order valence-corrected chi connectivity index (χ2v) is 7.11. The number of aromatic nitrogens is 3. The van der Waals surface area contributed by atoms with E-state index in [1.54, 1.807) is 24.5 Å². The number of nitrogens with zero attached hydrogens (tertiary/aromatic N) is 3. The van der Waals surface area contributed by atoms with Gasteiger partial charge >= 0.3 is 0 Å². The first-order chi connectivity index (χ1) is 13.7. The highest BCUT2D eigenvalue weighted by Crippen LogP contribution is 2.22. The van der Waals surface area contributed by atoms with Gasteiger partial charge in [-0.3, -0.25) is 4.79 Å². The van der Waals surface area contributed by atoms with Crippen LogP contribution < -0.4 is 10.1 Å². The van der Waals surface area contributed by atoms with E-state index in [-0.39, 0.29) is 5.91 Å². The van der Waals surface area contributed by atoms with Crippen LogP contribution in [-0.4, -0.2) is 27.6 Å². The summed E-state index contributed by atoms with van der Waals surface area (Å²) < 4.78 is 6.97. The van der Waals surface area contributed by atoms with E-state index in [9.17, 15) is 4.79 Å². The minimum atomic E-state index is -0.202. The number of ether oxygens (including phenoxy) is 1. The number of fused-ring (bicyclic) bond motifs is 1. The minimum Gasteiger partial charge on any atom is -0.497 e. The summed E-state index contributed by atoms with van der Waals surface area (Å²) in [6.07, 6.45) is 0.753. The molecule has 4 rings (SSSR count). The largest absolute Gasteiger partial charge is 0.497 e. The van der Waals surface area contributed by atoms with E-state index >= 15 is 0 Å². The molecule has 0 spiro atoms. The number of methoxy groups -OCH3 is 1. The van der Waals surface area contributed by atoms with Gasteiger partial charge in [0, 0.05) is 29.2 Å². The van der Waals surface area contributed by atoms with E-state index in [4.69, 9.17) is 4.74 Å². The molecule has 3 aromatic heterocycles. The van der Waals surface area contributed by atoms with E-state index in [2.05, 4.69) is 20.8 Å². The summed E-state index contributed by atoms with van der Waals surface area (Å²) in [6.45, 7) is 2.47. The third-order valence-electron chi connectivity index (χ3n) is 4.52. The first-order valence-electron chi connectivity index (χ1n) is 9.01. The van der Waals surface area contributed by atoms with Gasteiger partial charge in [-0.2, -0.15) is 16.4 Å². The zero-order valence-electron chi connectivity index (χ0n) is 15.7. The molecule has 1 amide bonds. The molecule has 0 radical (unpaired) electrons. The zero-order valence-corrected chi connectivity index (χ0v) is 16.5. The molecule has 0 fully saturated rings. The fraction of sp³-hybridized carbons (Fsp3) is 0.190. The summed E-state index contributed by atoms with van der Waals surface area (Å²) in [6, 6.07) is 13.4. The van der Waals surface area contributed by atoms with Crippen molar-refractivity contribution in [3.05, 3.63) is 70.2 Å². The van der Waals surface area contributed by atoms with Crippen LogP contribution in [-0.2, 0) is 13.0 Å². The molecule has 0 bridgehead atoms. The Kier molecular flexibility index (Phi) is 5.08. The van der Waals surface area contributed by atoms with Crippen molar-refractivity contribution in [1.82, 2.24) is 19.9 Å². The lowest BCUT2D eigenvalue weighted by Gasteiger charge is -2.08. The maximum Gasteiger partial charge on any atom is 0.270 e. The molecular weight excluding hydrogens is 372 g/mol. The Morgan fingerprint density at radius 3 is 2.71 bits per heavy atom. The van der Waals surface area contributed by atoms with Crippen LogP contribution in [0, 0.1) is 0 Å². The summed E-state index contributed by atoms with van der Waals surface area (Å²) in [5, 5.41) is 11.7. The zero-order chi connectivity index (χ0) is 19.5. The number of carbonyl (C=O) groups excluding carboxylic acids is 1. The molecule has 3 heterocycles. The van der Waals surface area contributed by atoms with E-state index in [1.807, 2.05) is 53.2 Å². The van der Waals surface area contributed by atoms with Crippen molar-refractivity contribution in [2.45, 2.75) is 19.9 Å². The average Bonchev–Trinajstić information content (AvgIpc) is 3.41. The number of benzene rings is 1. The number of nitrogens with one attached hydrogen (secondary N) is 1. The van der Waals surface area contributed by atoms with Crippen LogP contribution in [0.4, 0.5) is 0 Å². The first kappa shape index (κ1) is 18.2. The smallest absolute Gasteiger partial charge is 0.270 e. The predicted molar refractivity (Wildman–Crippen MR) is 110 cm³/mol. The molecule has 0 saturated carbocycles. The van der Waals surface area contributed by atoms with Gasteiger partial charge in [-0.05, 0) is 41.6 Å². The number of carbonyl (C=O) groups is 1. The number of hydrogen-bond acceptors (Lipinski definition) is 5. The highest BCUT2D eigenvalue weighted by Gasteiger charge is 2.14. The highest BCUT2D eigenvalue weighted by atomic mass is 32.1. The van der Waals surface area contributed by atoms with Gasteiger partial charge in [0.25, 0.3) is 5.91 Å². The summed E-state index contributed by atoms with van der Waals surface area (Å²) in [5.74, 6) is 0.586. The van der Waals surface area contributed by atoms with Crippen LogP contribution in [0.15, 0.2) is 53.2 Å². The van der Waals surface area contributed by atoms with Gasteiger partial charge < -0.3 is 10.1 Å². The molecule has 0 saturated heterocycles. The van der Waals surface area contributed by atoms with Crippen LogP contribution in [0.2, 0.25) is 0 Å². The lowest BCUT2D eigenvalue weighted by molar-refractivity contribution is 0.0946. The van der Waals surface area contributed by atoms with Crippen molar-refractivity contribution in [2.24, 2.45) is 0 Å². The average molecular weight is 392 g/mol. The first-order valence-corrected chi connectivity index (χ1v) is 9.95. The third-order valence-corrected chi connectivity index (χ3v) is 5.21.